The Morgan fingerprint density at radius 2 is 2.42 bits per heavy atom. The van der Waals surface area contributed by atoms with Gasteiger partial charge in [0.1, 0.15) is 5.84 Å². The minimum absolute atomic E-state index is 0.352. The average Bonchev–Trinajstić information content (AvgIpc) is 1.94. The third-order valence-corrected chi connectivity index (χ3v) is 1.91. The van der Waals surface area contributed by atoms with E-state index < -0.39 is 0 Å². The lowest BCUT2D eigenvalue weighted by Gasteiger charge is -2.29. The van der Waals surface area contributed by atoms with Crippen LogP contribution < -0.4 is 0 Å². The van der Waals surface area contributed by atoms with E-state index in [-0.39, 0.29) is 5.97 Å². The van der Waals surface area contributed by atoms with Crippen molar-refractivity contribution in [3.8, 4) is 0 Å². The molecular formula is C8H14N2O2. The molecule has 0 amide bonds. The summed E-state index contributed by atoms with van der Waals surface area (Å²) in [5.41, 5.74) is 0. The maximum atomic E-state index is 10.6. The van der Waals surface area contributed by atoms with Gasteiger partial charge < -0.3 is 4.84 Å². The second-order valence-electron chi connectivity index (χ2n) is 3.23. The van der Waals surface area contributed by atoms with E-state index in [2.05, 4.69) is 6.92 Å². The lowest BCUT2D eigenvalue weighted by molar-refractivity contribution is -0.172. The van der Waals surface area contributed by atoms with Gasteiger partial charge in [0.25, 0.3) is 0 Å². The molecule has 1 atom stereocenters. The van der Waals surface area contributed by atoms with Gasteiger partial charge in [0, 0.05) is 13.3 Å². The van der Waals surface area contributed by atoms with Crippen LogP contribution in [0.3, 0.4) is 0 Å². The molecule has 4 heteroatoms. The van der Waals surface area contributed by atoms with E-state index in [0.717, 1.165) is 6.42 Å². The highest BCUT2D eigenvalue weighted by Gasteiger charge is 2.22. The number of carbonyl (C=O) groups excluding carboxylic acids is 1. The molecule has 12 heavy (non-hydrogen) atoms. The molecule has 1 N–H and O–H groups in total. The van der Waals surface area contributed by atoms with Crippen molar-refractivity contribution in [3.05, 3.63) is 0 Å². The number of amidine groups is 1. The minimum atomic E-state index is -0.352. The average molecular weight is 170 g/mol. The molecular weight excluding hydrogens is 156 g/mol. The van der Waals surface area contributed by atoms with Gasteiger partial charge in [0.2, 0.25) is 0 Å². The van der Waals surface area contributed by atoms with Crippen LogP contribution in [0.15, 0.2) is 0 Å². The van der Waals surface area contributed by atoms with Gasteiger partial charge in [-0.1, -0.05) is 6.92 Å². The maximum absolute atomic E-state index is 10.6. The number of piperidine rings is 1. The fourth-order valence-corrected chi connectivity index (χ4v) is 1.26. The number of hydroxylamine groups is 2. The Labute approximate surface area is 72.0 Å². The third-order valence-electron chi connectivity index (χ3n) is 1.91. The van der Waals surface area contributed by atoms with Crippen molar-refractivity contribution in [2.24, 2.45) is 5.92 Å². The molecule has 1 aliphatic heterocycles. The van der Waals surface area contributed by atoms with Gasteiger partial charge in [-0.15, -0.1) is 0 Å². The van der Waals surface area contributed by atoms with Gasteiger partial charge in [0.15, 0.2) is 0 Å². The van der Waals surface area contributed by atoms with Crippen molar-refractivity contribution in [3.63, 3.8) is 0 Å². The Hall–Kier alpha value is -1.06. The van der Waals surface area contributed by atoms with Crippen LogP contribution in [0.1, 0.15) is 26.7 Å². The standard InChI is InChI=1S/C8H14N2O2/c1-6-3-4-10(8(9)5-6)12-7(2)11/h6,9H,3-5H2,1-2H3. The Morgan fingerprint density at radius 1 is 1.75 bits per heavy atom. The molecule has 68 valence electrons. The Kier molecular flexibility index (Phi) is 2.68. The zero-order chi connectivity index (χ0) is 9.14. The smallest absolute Gasteiger partial charge is 0.329 e. The molecule has 1 heterocycles. The Morgan fingerprint density at radius 3 is 2.92 bits per heavy atom. The molecule has 0 radical (unpaired) electrons. The van der Waals surface area contributed by atoms with E-state index in [9.17, 15) is 4.79 Å². The van der Waals surface area contributed by atoms with Gasteiger partial charge in [-0.2, -0.15) is 5.06 Å². The summed E-state index contributed by atoms with van der Waals surface area (Å²) in [4.78, 5) is 15.4. The fraction of sp³-hybridized carbons (Fsp3) is 0.750. The normalized spacial score (nSPS) is 24.0. The van der Waals surface area contributed by atoms with E-state index in [4.69, 9.17) is 10.2 Å². The summed E-state index contributed by atoms with van der Waals surface area (Å²) >= 11 is 0. The lowest BCUT2D eigenvalue weighted by atomic mass is 10.00. The van der Waals surface area contributed by atoms with Crippen LogP contribution in [-0.4, -0.2) is 23.4 Å². The van der Waals surface area contributed by atoms with E-state index >= 15 is 0 Å². The van der Waals surface area contributed by atoms with Crippen molar-refractivity contribution in [1.29, 1.82) is 5.41 Å². The molecule has 0 aliphatic carbocycles. The van der Waals surface area contributed by atoms with Crippen molar-refractivity contribution >= 4 is 11.8 Å². The molecule has 0 aromatic rings. The van der Waals surface area contributed by atoms with Crippen LogP contribution in [0.2, 0.25) is 0 Å². The number of carbonyl (C=O) groups is 1. The van der Waals surface area contributed by atoms with Crippen LogP contribution in [0.5, 0.6) is 0 Å². The highest BCUT2D eigenvalue weighted by Crippen LogP contribution is 2.17. The number of hydrogen-bond donors (Lipinski definition) is 1. The highest BCUT2D eigenvalue weighted by atomic mass is 16.7. The molecule has 1 saturated heterocycles. The largest absolute Gasteiger partial charge is 0.340 e. The Bertz CT molecular complexity index is 203. The second-order valence-corrected chi connectivity index (χ2v) is 3.23. The van der Waals surface area contributed by atoms with Gasteiger partial charge in [-0.25, -0.2) is 0 Å². The Balaban J connectivity index is 2.45. The quantitative estimate of drug-likeness (QED) is 0.642. The van der Waals surface area contributed by atoms with Crippen molar-refractivity contribution in [2.75, 3.05) is 6.54 Å². The number of nitrogens with zero attached hydrogens (tertiary/aromatic N) is 1. The van der Waals surface area contributed by atoms with Gasteiger partial charge in [-0.3, -0.25) is 10.2 Å². The van der Waals surface area contributed by atoms with E-state index in [1.54, 1.807) is 0 Å². The lowest BCUT2D eigenvalue weighted by Crippen LogP contribution is -2.38. The van der Waals surface area contributed by atoms with Gasteiger partial charge in [-0.05, 0) is 12.3 Å². The summed E-state index contributed by atoms with van der Waals surface area (Å²) in [6, 6.07) is 0. The zero-order valence-electron chi connectivity index (χ0n) is 7.46. The summed E-state index contributed by atoms with van der Waals surface area (Å²) in [6.07, 6.45) is 1.68. The van der Waals surface area contributed by atoms with E-state index in [1.807, 2.05) is 0 Å². The first-order valence-corrected chi connectivity index (χ1v) is 4.13. The number of rotatable bonds is 1. The number of nitrogens with one attached hydrogen (secondary N) is 1. The van der Waals surface area contributed by atoms with Crippen molar-refractivity contribution in [2.45, 2.75) is 26.7 Å². The van der Waals surface area contributed by atoms with Crippen LogP contribution in [0.4, 0.5) is 0 Å². The molecule has 0 aromatic carbocycles. The van der Waals surface area contributed by atoms with Crippen molar-refractivity contribution in [1.82, 2.24) is 5.06 Å². The van der Waals surface area contributed by atoms with E-state index in [0.29, 0.717) is 24.7 Å². The maximum Gasteiger partial charge on any atom is 0.329 e. The topological polar surface area (TPSA) is 53.4 Å². The molecule has 1 unspecified atom stereocenters. The predicted molar refractivity (Wildman–Crippen MR) is 44.6 cm³/mol. The molecule has 1 fully saturated rings. The molecule has 1 aliphatic rings. The first-order valence-electron chi connectivity index (χ1n) is 4.13. The molecule has 0 bridgehead atoms. The van der Waals surface area contributed by atoms with Gasteiger partial charge in [0.05, 0.1) is 6.54 Å². The second kappa shape index (κ2) is 3.56. The van der Waals surface area contributed by atoms with Crippen LogP contribution in [0.25, 0.3) is 0 Å². The monoisotopic (exact) mass is 170 g/mol. The highest BCUT2D eigenvalue weighted by molar-refractivity contribution is 5.80. The summed E-state index contributed by atoms with van der Waals surface area (Å²) in [7, 11) is 0. The van der Waals surface area contributed by atoms with Crippen LogP contribution in [-0.2, 0) is 9.63 Å². The summed E-state index contributed by atoms with van der Waals surface area (Å²) in [5.74, 6) is 0.586. The fourth-order valence-electron chi connectivity index (χ4n) is 1.26. The molecule has 1 rings (SSSR count). The van der Waals surface area contributed by atoms with Crippen molar-refractivity contribution < 1.29 is 9.63 Å². The molecule has 0 saturated carbocycles. The summed E-state index contributed by atoms with van der Waals surface area (Å²) in [5, 5.41) is 8.90. The SMILES string of the molecule is CC(=O)ON1CCC(C)CC1=N. The predicted octanol–water partition coefficient (Wildman–Crippen LogP) is 1.17. The van der Waals surface area contributed by atoms with Gasteiger partial charge >= 0.3 is 5.97 Å². The van der Waals surface area contributed by atoms with E-state index in [1.165, 1.54) is 12.0 Å². The number of hydrogen-bond acceptors (Lipinski definition) is 3. The minimum Gasteiger partial charge on any atom is -0.340 e. The first-order chi connectivity index (χ1) is 5.59. The summed E-state index contributed by atoms with van der Waals surface area (Å²) in [6.45, 7) is 4.10. The third kappa shape index (κ3) is 2.22. The zero-order valence-corrected chi connectivity index (χ0v) is 7.46. The van der Waals surface area contributed by atoms with Crippen LogP contribution >= 0.6 is 0 Å². The molecule has 0 spiro atoms. The van der Waals surface area contributed by atoms with Crippen LogP contribution in [0, 0.1) is 11.3 Å². The molecule has 4 nitrogen and oxygen atoms in total. The molecule has 0 aromatic heterocycles. The summed E-state index contributed by atoms with van der Waals surface area (Å²) < 4.78 is 0. The first kappa shape index (κ1) is 9.03.